The van der Waals surface area contributed by atoms with Gasteiger partial charge in [0.25, 0.3) is 5.56 Å². The van der Waals surface area contributed by atoms with E-state index in [2.05, 4.69) is 4.98 Å². The maximum Gasteiger partial charge on any atom is 0.333 e. The first-order valence-electron chi connectivity index (χ1n) is 12.4. The third-order valence-electron chi connectivity index (χ3n) is 7.90. The van der Waals surface area contributed by atoms with Crippen LogP contribution in [0.1, 0.15) is 90.0 Å². The van der Waals surface area contributed by atoms with Gasteiger partial charge >= 0.3 is 5.69 Å². The molecular weight excluding hydrogens is 392 g/mol. The van der Waals surface area contributed by atoms with Crippen LogP contribution in [-0.2, 0) is 13.1 Å². The molecule has 0 unspecified atom stereocenters. The topological polar surface area (TPSA) is 82.1 Å². The first-order valence-corrected chi connectivity index (χ1v) is 12.4. The Hall–Kier alpha value is -1.89. The van der Waals surface area contributed by atoms with E-state index in [1.165, 1.54) is 30.3 Å². The second-order valence-corrected chi connectivity index (χ2v) is 10.7. The maximum atomic E-state index is 13.7. The van der Waals surface area contributed by atoms with Crippen molar-refractivity contribution in [3.05, 3.63) is 27.2 Å². The second kappa shape index (κ2) is 8.23. The summed E-state index contributed by atoms with van der Waals surface area (Å²) in [7, 11) is 0. The first kappa shape index (κ1) is 21.0. The average molecular weight is 429 g/mol. The minimum atomic E-state index is -0.616. The number of hydrogen-bond acceptors (Lipinski definition) is 4. The molecule has 7 nitrogen and oxygen atoms in total. The van der Waals surface area contributed by atoms with Crippen LogP contribution in [0.25, 0.3) is 11.2 Å². The Bertz CT molecular complexity index is 1040. The molecule has 1 N–H and O–H groups in total. The van der Waals surface area contributed by atoms with Crippen molar-refractivity contribution in [2.75, 3.05) is 0 Å². The van der Waals surface area contributed by atoms with Crippen LogP contribution in [0.15, 0.2) is 15.9 Å². The Morgan fingerprint density at radius 2 is 1.61 bits per heavy atom. The molecule has 0 aromatic carbocycles. The number of imidazole rings is 1. The van der Waals surface area contributed by atoms with E-state index in [1.807, 2.05) is 16.1 Å². The number of fused-ring (bicyclic) bond motifs is 1. The summed E-state index contributed by atoms with van der Waals surface area (Å²) in [5.74, 6) is 0.884. The van der Waals surface area contributed by atoms with Crippen molar-refractivity contribution in [2.24, 2.45) is 11.8 Å². The summed E-state index contributed by atoms with van der Waals surface area (Å²) in [5.41, 5.74) is 0.220. The van der Waals surface area contributed by atoms with Gasteiger partial charge in [-0.2, -0.15) is 0 Å². The molecule has 3 aliphatic rings. The van der Waals surface area contributed by atoms with Crippen LogP contribution in [0, 0.1) is 11.8 Å². The third-order valence-corrected chi connectivity index (χ3v) is 7.90. The van der Waals surface area contributed by atoms with E-state index in [0.717, 1.165) is 57.9 Å². The Balaban J connectivity index is 1.58. The molecule has 3 saturated carbocycles. The highest BCUT2D eigenvalue weighted by Gasteiger charge is 2.31. The van der Waals surface area contributed by atoms with Crippen molar-refractivity contribution in [3.63, 3.8) is 0 Å². The Kier molecular flexibility index (Phi) is 5.57. The molecule has 0 spiro atoms. The van der Waals surface area contributed by atoms with Crippen molar-refractivity contribution < 1.29 is 5.11 Å². The van der Waals surface area contributed by atoms with Crippen molar-refractivity contribution in [2.45, 2.75) is 109 Å². The summed E-state index contributed by atoms with van der Waals surface area (Å²) in [6.45, 7) is 3.16. The van der Waals surface area contributed by atoms with E-state index in [9.17, 15) is 14.7 Å². The zero-order valence-corrected chi connectivity index (χ0v) is 18.8. The van der Waals surface area contributed by atoms with Crippen molar-refractivity contribution >= 4 is 11.2 Å². The number of rotatable bonds is 5. The van der Waals surface area contributed by atoms with Gasteiger partial charge in [-0.15, -0.1) is 0 Å². The van der Waals surface area contributed by atoms with Gasteiger partial charge in [-0.25, -0.2) is 9.78 Å². The Morgan fingerprint density at radius 1 is 0.968 bits per heavy atom. The lowest BCUT2D eigenvalue weighted by atomic mass is 9.80. The molecule has 2 aromatic rings. The predicted octanol–water partition coefficient (Wildman–Crippen LogP) is 3.61. The van der Waals surface area contributed by atoms with E-state index >= 15 is 0 Å². The Labute approximate surface area is 183 Å². The molecule has 3 fully saturated rings. The molecule has 7 heteroatoms. The van der Waals surface area contributed by atoms with Crippen LogP contribution >= 0.6 is 0 Å². The molecule has 2 aromatic heterocycles. The predicted molar refractivity (Wildman–Crippen MR) is 120 cm³/mol. The first-order chi connectivity index (χ1) is 14.9. The molecule has 0 radical (unpaired) electrons. The molecule has 2 heterocycles. The van der Waals surface area contributed by atoms with Gasteiger partial charge in [-0.1, -0.05) is 25.7 Å². The van der Waals surface area contributed by atoms with Crippen LogP contribution < -0.4 is 11.2 Å². The molecule has 0 bridgehead atoms. The molecule has 0 amide bonds. The van der Waals surface area contributed by atoms with Gasteiger partial charge in [-0.3, -0.25) is 13.9 Å². The van der Waals surface area contributed by atoms with Crippen molar-refractivity contribution in [1.29, 1.82) is 0 Å². The van der Waals surface area contributed by atoms with E-state index in [0.29, 0.717) is 23.6 Å². The fourth-order valence-electron chi connectivity index (χ4n) is 5.67. The van der Waals surface area contributed by atoms with E-state index in [1.54, 1.807) is 6.33 Å². The van der Waals surface area contributed by atoms with Crippen molar-refractivity contribution in [3.8, 4) is 0 Å². The molecule has 170 valence electrons. The molecule has 0 aliphatic heterocycles. The molecule has 0 atom stereocenters. The smallest absolute Gasteiger partial charge is 0.333 e. The van der Waals surface area contributed by atoms with Crippen molar-refractivity contribution in [1.82, 2.24) is 18.7 Å². The highest BCUT2D eigenvalue weighted by atomic mass is 16.3. The third kappa shape index (κ3) is 4.26. The summed E-state index contributed by atoms with van der Waals surface area (Å²) in [5, 5.41) is 10.3. The van der Waals surface area contributed by atoms with Crippen LogP contribution in [0.3, 0.4) is 0 Å². The van der Waals surface area contributed by atoms with Gasteiger partial charge in [0.05, 0.1) is 11.9 Å². The fraction of sp³-hybridized carbons (Fsp3) is 0.792. The van der Waals surface area contributed by atoms with Crippen LogP contribution in [0.4, 0.5) is 0 Å². The van der Waals surface area contributed by atoms with Crippen LogP contribution in [0.2, 0.25) is 0 Å². The molecular formula is C24H36N4O3. The number of aliphatic hydroxyl groups is 1. The summed E-state index contributed by atoms with van der Waals surface area (Å²) < 4.78 is 5.37. The number of aromatic nitrogens is 4. The minimum Gasteiger partial charge on any atom is -0.390 e. The van der Waals surface area contributed by atoms with E-state index in [4.69, 9.17) is 0 Å². The zero-order chi connectivity index (χ0) is 21.6. The Morgan fingerprint density at radius 3 is 2.26 bits per heavy atom. The lowest BCUT2D eigenvalue weighted by Crippen LogP contribution is -2.44. The van der Waals surface area contributed by atoms with Gasteiger partial charge in [0.1, 0.15) is 0 Å². The maximum absolute atomic E-state index is 13.7. The zero-order valence-electron chi connectivity index (χ0n) is 18.8. The normalized spacial score (nSPS) is 28.1. The molecule has 31 heavy (non-hydrogen) atoms. The standard InChI is InChI=1S/C24H36N4O3/c1-24(31)12-10-18(11-13-24)15-27-22(29)20-21(25-16-26(20)14-17-8-9-17)28(23(27)30)19-6-4-2-3-5-7-19/h16-19,31H,2-15H2,1H3/t18-,24-. The summed E-state index contributed by atoms with van der Waals surface area (Å²) in [4.78, 5) is 31.9. The van der Waals surface area contributed by atoms with Crippen LogP contribution in [0.5, 0.6) is 0 Å². The SMILES string of the molecule is C[C@]1(O)CC[C@H](Cn2c(=O)c3c(ncn3CC3CC3)n(C3CCCCCC3)c2=O)CC1. The van der Waals surface area contributed by atoms with Gasteiger partial charge in [0.15, 0.2) is 11.2 Å². The quantitative estimate of drug-likeness (QED) is 0.738. The summed E-state index contributed by atoms with van der Waals surface area (Å²) >= 11 is 0. The molecule has 5 rings (SSSR count). The monoisotopic (exact) mass is 428 g/mol. The van der Waals surface area contributed by atoms with E-state index in [-0.39, 0.29) is 23.2 Å². The highest BCUT2D eigenvalue weighted by Crippen LogP contribution is 2.34. The average Bonchev–Trinajstić information content (AvgIpc) is 3.51. The van der Waals surface area contributed by atoms with E-state index < -0.39 is 5.60 Å². The number of hydrogen-bond donors (Lipinski definition) is 1. The van der Waals surface area contributed by atoms with Crippen LogP contribution in [-0.4, -0.2) is 29.4 Å². The largest absolute Gasteiger partial charge is 0.390 e. The summed E-state index contributed by atoms with van der Waals surface area (Å²) in [6, 6.07) is 0.126. The van der Waals surface area contributed by atoms with Gasteiger partial charge < -0.3 is 9.67 Å². The minimum absolute atomic E-state index is 0.126. The highest BCUT2D eigenvalue weighted by molar-refractivity contribution is 5.70. The fourth-order valence-corrected chi connectivity index (χ4v) is 5.67. The van der Waals surface area contributed by atoms with Gasteiger partial charge in [0.2, 0.25) is 0 Å². The van der Waals surface area contributed by atoms with Gasteiger partial charge in [0, 0.05) is 19.1 Å². The second-order valence-electron chi connectivity index (χ2n) is 10.7. The molecule has 3 aliphatic carbocycles. The lowest BCUT2D eigenvalue weighted by molar-refractivity contribution is 0.00547. The lowest BCUT2D eigenvalue weighted by Gasteiger charge is -2.33. The van der Waals surface area contributed by atoms with Gasteiger partial charge in [-0.05, 0) is 70.1 Å². The molecule has 0 saturated heterocycles. The summed E-state index contributed by atoms with van der Waals surface area (Å²) in [6.07, 6.45) is 14.0. The number of nitrogens with zero attached hydrogens (tertiary/aromatic N) is 4.